The summed E-state index contributed by atoms with van der Waals surface area (Å²) in [4.78, 5) is 0. The lowest BCUT2D eigenvalue weighted by Gasteiger charge is -2.06. The van der Waals surface area contributed by atoms with Gasteiger partial charge in [-0.05, 0) is 52.6 Å². The molecular formula is C18H14O2. The minimum atomic E-state index is 0.262. The van der Waals surface area contributed by atoms with E-state index in [9.17, 15) is 10.2 Å². The molecule has 0 fully saturated rings. The second-order valence-electron chi connectivity index (χ2n) is 4.68. The van der Waals surface area contributed by atoms with E-state index in [2.05, 4.69) is 6.07 Å². The second kappa shape index (κ2) is 5.10. The van der Waals surface area contributed by atoms with Gasteiger partial charge in [0.2, 0.25) is 0 Å². The van der Waals surface area contributed by atoms with Crippen molar-refractivity contribution in [2.45, 2.75) is 0 Å². The van der Waals surface area contributed by atoms with Gasteiger partial charge in [-0.15, -0.1) is 0 Å². The molecule has 98 valence electrons. The molecule has 0 radical (unpaired) electrons. The zero-order valence-corrected chi connectivity index (χ0v) is 10.8. The summed E-state index contributed by atoms with van der Waals surface area (Å²) in [5.41, 5.74) is 4.15. The van der Waals surface area contributed by atoms with Gasteiger partial charge in [0.25, 0.3) is 0 Å². The van der Waals surface area contributed by atoms with Gasteiger partial charge < -0.3 is 10.2 Å². The summed E-state index contributed by atoms with van der Waals surface area (Å²) < 4.78 is 0. The van der Waals surface area contributed by atoms with Gasteiger partial charge >= 0.3 is 0 Å². The highest BCUT2D eigenvalue weighted by molar-refractivity contribution is 5.73. The third-order valence-electron chi connectivity index (χ3n) is 3.24. The van der Waals surface area contributed by atoms with Crippen molar-refractivity contribution in [1.29, 1.82) is 0 Å². The van der Waals surface area contributed by atoms with Crippen LogP contribution in [-0.2, 0) is 0 Å². The summed E-state index contributed by atoms with van der Waals surface area (Å²) in [6.45, 7) is 0. The fourth-order valence-corrected chi connectivity index (χ4v) is 2.22. The van der Waals surface area contributed by atoms with E-state index in [1.807, 2.05) is 42.5 Å². The summed E-state index contributed by atoms with van der Waals surface area (Å²) >= 11 is 0. The Morgan fingerprint density at radius 3 is 1.65 bits per heavy atom. The number of phenolic OH excluding ortho intramolecular Hbond substituents is 2. The van der Waals surface area contributed by atoms with Gasteiger partial charge in [-0.2, -0.15) is 0 Å². The normalized spacial score (nSPS) is 10.4. The highest BCUT2D eigenvalue weighted by Gasteiger charge is 2.02. The topological polar surface area (TPSA) is 40.5 Å². The van der Waals surface area contributed by atoms with Crippen LogP contribution in [0.1, 0.15) is 0 Å². The van der Waals surface area contributed by atoms with Gasteiger partial charge in [0, 0.05) is 0 Å². The zero-order chi connectivity index (χ0) is 13.9. The van der Waals surface area contributed by atoms with Crippen LogP contribution in [0.4, 0.5) is 0 Å². The number of hydrogen-bond acceptors (Lipinski definition) is 2. The molecule has 0 aliphatic heterocycles. The predicted molar refractivity (Wildman–Crippen MR) is 80.6 cm³/mol. The molecule has 2 N–H and O–H groups in total. The fourth-order valence-electron chi connectivity index (χ4n) is 2.22. The Kier molecular flexibility index (Phi) is 3.13. The third-order valence-corrected chi connectivity index (χ3v) is 3.24. The van der Waals surface area contributed by atoms with Crippen molar-refractivity contribution in [2.75, 3.05) is 0 Å². The molecule has 2 heteroatoms. The first-order valence-electron chi connectivity index (χ1n) is 6.41. The minimum Gasteiger partial charge on any atom is -0.508 e. The molecule has 0 aromatic heterocycles. The van der Waals surface area contributed by atoms with E-state index in [0.717, 1.165) is 22.3 Å². The van der Waals surface area contributed by atoms with Crippen molar-refractivity contribution >= 4 is 0 Å². The Morgan fingerprint density at radius 1 is 0.450 bits per heavy atom. The standard InChI is InChI=1S/C18H14O2/c19-17-9-7-13(8-10-17)14-3-1-4-15(11-14)16-5-2-6-18(20)12-16/h1-12,19-20H. The molecule has 3 aromatic carbocycles. The Hall–Kier alpha value is -2.74. The molecule has 20 heavy (non-hydrogen) atoms. The van der Waals surface area contributed by atoms with Crippen LogP contribution in [0.15, 0.2) is 72.8 Å². The van der Waals surface area contributed by atoms with Gasteiger partial charge in [0.1, 0.15) is 11.5 Å². The molecule has 0 heterocycles. The average molecular weight is 262 g/mol. The number of benzene rings is 3. The van der Waals surface area contributed by atoms with Gasteiger partial charge in [-0.25, -0.2) is 0 Å². The fraction of sp³-hybridized carbons (Fsp3) is 0. The lowest BCUT2D eigenvalue weighted by atomic mass is 9.99. The molecule has 0 saturated carbocycles. The molecule has 0 spiro atoms. The van der Waals surface area contributed by atoms with Crippen LogP contribution in [0.2, 0.25) is 0 Å². The van der Waals surface area contributed by atoms with E-state index in [0.29, 0.717) is 0 Å². The quantitative estimate of drug-likeness (QED) is 0.717. The van der Waals surface area contributed by atoms with E-state index in [1.54, 1.807) is 24.3 Å². The lowest BCUT2D eigenvalue weighted by molar-refractivity contribution is 0.475. The van der Waals surface area contributed by atoms with Gasteiger partial charge in [-0.1, -0.05) is 42.5 Å². The van der Waals surface area contributed by atoms with Crippen LogP contribution >= 0.6 is 0 Å². The molecule has 0 unspecified atom stereocenters. The van der Waals surface area contributed by atoms with E-state index < -0.39 is 0 Å². The molecule has 3 aromatic rings. The summed E-state index contributed by atoms with van der Waals surface area (Å²) in [5.74, 6) is 0.524. The first-order chi connectivity index (χ1) is 9.72. The van der Waals surface area contributed by atoms with E-state index >= 15 is 0 Å². The number of aromatic hydroxyl groups is 2. The maximum atomic E-state index is 9.56. The van der Waals surface area contributed by atoms with E-state index in [4.69, 9.17) is 0 Å². The Balaban J connectivity index is 2.03. The largest absolute Gasteiger partial charge is 0.508 e. The molecule has 0 atom stereocenters. The molecule has 0 amide bonds. The summed E-state index contributed by atoms with van der Waals surface area (Å²) in [6, 6.07) is 22.4. The predicted octanol–water partition coefficient (Wildman–Crippen LogP) is 4.43. The van der Waals surface area contributed by atoms with E-state index in [-0.39, 0.29) is 11.5 Å². The van der Waals surface area contributed by atoms with Crippen LogP contribution in [-0.4, -0.2) is 10.2 Å². The second-order valence-corrected chi connectivity index (χ2v) is 4.68. The van der Waals surface area contributed by atoms with Crippen molar-refractivity contribution in [2.24, 2.45) is 0 Å². The monoisotopic (exact) mass is 262 g/mol. The smallest absolute Gasteiger partial charge is 0.116 e. The molecule has 2 nitrogen and oxygen atoms in total. The van der Waals surface area contributed by atoms with Gasteiger partial charge in [-0.3, -0.25) is 0 Å². The minimum absolute atomic E-state index is 0.262. The number of phenols is 2. The van der Waals surface area contributed by atoms with Crippen molar-refractivity contribution in [3.8, 4) is 33.8 Å². The Labute approximate surface area is 117 Å². The van der Waals surface area contributed by atoms with Crippen LogP contribution in [0.25, 0.3) is 22.3 Å². The maximum Gasteiger partial charge on any atom is 0.116 e. The summed E-state index contributed by atoms with van der Waals surface area (Å²) in [7, 11) is 0. The first-order valence-corrected chi connectivity index (χ1v) is 6.41. The Bertz CT molecular complexity index is 730. The number of hydrogen-bond donors (Lipinski definition) is 2. The van der Waals surface area contributed by atoms with Crippen molar-refractivity contribution < 1.29 is 10.2 Å². The molecule has 0 aliphatic rings. The number of rotatable bonds is 2. The SMILES string of the molecule is Oc1ccc(-c2cccc(-c3cccc(O)c3)c2)cc1. The Morgan fingerprint density at radius 2 is 1.00 bits per heavy atom. The zero-order valence-electron chi connectivity index (χ0n) is 10.8. The highest BCUT2D eigenvalue weighted by Crippen LogP contribution is 2.28. The van der Waals surface area contributed by atoms with Crippen molar-refractivity contribution in [1.82, 2.24) is 0 Å². The third kappa shape index (κ3) is 2.50. The molecule has 0 aliphatic carbocycles. The van der Waals surface area contributed by atoms with Crippen molar-refractivity contribution in [3.63, 3.8) is 0 Å². The van der Waals surface area contributed by atoms with Crippen LogP contribution in [0, 0.1) is 0 Å². The van der Waals surface area contributed by atoms with Crippen molar-refractivity contribution in [3.05, 3.63) is 72.8 Å². The van der Waals surface area contributed by atoms with Crippen LogP contribution in [0.5, 0.6) is 11.5 Å². The maximum absolute atomic E-state index is 9.56. The van der Waals surface area contributed by atoms with E-state index in [1.165, 1.54) is 0 Å². The highest BCUT2D eigenvalue weighted by atomic mass is 16.3. The summed E-state index contributed by atoms with van der Waals surface area (Å²) in [5, 5.41) is 18.9. The average Bonchev–Trinajstić information content (AvgIpc) is 2.48. The van der Waals surface area contributed by atoms with Gasteiger partial charge in [0.05, 0.1) is 0 Å². The lowest BCUT2D eigenvalue weighted by Crippen LogP contribution is -1.81. The molecule has 0 bridgehead atoms. The van der Waals surface area contributed by atoms with Crippen LogP contribution in [0.3, 0.4) is 0 Å². The van der Waals surface area contributed by atoms with Crippen LogP contribution < -0.4 is 0 Å². The molecule has 3 rings (SSSR count). The molecule has 0 saturated heterocycles. The summed E-state index contributed by atoms with van der Waals surface area (Å²) in [6.07, 6.45) is 0. The first kappa shape index (κ1) is 12.3. The molecular weight excluding hydrogens is 248 g/mol. The van der Waals surface area contributed by atoms with Gasteiger partial charge in [0.15, 0.2) is 0 Å².